The molecule has 0 aliphatic carbocycles. The zero-order valence-corrected chi connectivity index (χ0v) is 12.5. The number of nitrogens with two attached hydrogens (primary N) is 1. The predicted octanol–water partition coefficient (Wildman–Crippen LogP) is 1.84. The van der Waals surface area contributed by atoms with E-state index in [0.29, 0.717) is 11.3 Å². The molecule has 0 fully saturated rings. The lowest BCUT2D eigenvalue weighted by atomic mass is 10.0. The Kier molecular flexibility index (Phi) is 4.43. The minimum atomic E-state index is -4.05. The van der Waals surface area contributed by atoms with Gasteiger partial charge in [-0.25, -0.2) is 13.6 Å². The van der Waals surface area contributed by atoms with E-state index < -0.39 is 14.9 Å². The van der Waals surface area contributed by atoms with Crippen LogP contribution in [0.25, 0.3) is 0 Å². The van der Waals surface area contributed by atoms with Crippen LogP contribution in [0.3, 0.4) is 0 Å². The molecule has 2 aromatic carbocycles. The first-order chi connectivity index (χ1) is 10.3. The van der Waals surface area contributed by atoms with Crippen molar-refractivity contribution in [3.63, 3.8) is 0 Å². The van der Waals surface area contributed by atoms with Gasteiger partial charge in [0, 0.05) is 12.1 Å². The molecule has 2 aromatic rings. The monoisotopic (exact) mass is 322 g/mol. The van der Waals surface area contributed by atoms with Gasteiger partial charge in [-0.05, 0) is 29.7 Å². The van der Waals surface area contributed by atoms with Crippen molar-refractivity contribution in [3.8, 4) is 5.75 Å². The molecular formula is C14H14N2O5S. The van der Waals surface area contributed by atoms with Crippen molar-refractivity contribution in [1.29, 1.82) is 0 Å². The highest BCUT2D eigenvalue weighted by Gasteiger charge is 2.19. The summed E-state index contributed by atoms with van der Waals surface area (Å²) in [6.07, 6.45) is 0.285. The van der Waals surface area contributed by atoms with Gasteiger partial charge in [0.15, 0.2) is 0 Å². The Morgan fingerprint density at radius 3 is 2.32 bits per heavy atom. The number of rotatable bonds is 5. The minimum Gasteiger partial charge on any atom is -0.497 e. The summed E-state index contributed by atoms with van der Waals surface area (Å²) in [6.45, 7) is 0. The maximum atomic E-state index is 11.7. The highest BCUT2D eigenvalue weighted by atomic mass is 32.2. The van der Waals surface area contributed by atoms with E-state index >= 15 is 0 Å². The SMILES string of the molecule is COc1ccc(Cc2ccc([N+](=O)[O-])cc2S(N)(=O)=O)cc1. The molecule has 7 nitrogen and oxygen atoms in total. The molecule has 0 aliphatic heterocycles. The molecule has 0 unspecified atom stereocenters. The quantitative estimate of drug-likeness (QED) is 0.666. The van der Waals surface area contributed by atoms with Gasteiger partial charge < -0.3 is 4.74 Å². The van der Waals surface area contributed by atoms with Crippen LogP contribution in [-0.4, -0.2) is 20.5 Å². The highest BCUT2D eigenvalue weighted by molar-refractivity contribution is 7.89. The van der Waals surface area contributed by atoms with Crippen LogP contribution in [0.15, 0.2) is 47.4 Å². The second-order valence-electron chi connectivity index (χ2n) is 4.62. The molecule has 0 radical (unpaired) electrons. The summed E-state index contributed by atoms with van der Waals surface area (Å²) in [6, 6.07) is 10.7. The number of nitro groups is 1. The second kappa shape index (κ2) is 6.12. The van der Waals surface area contributed by atoms with Crippen LogP contribution < -0.4 is 9.88 Å². The van der Waals surface area contributed by atoms with Crippen LogP contribution in [0.1, 0.15) is 11.1 Å². The molecule has 2 N–H and O–H groups in total. The zero-order valence-electron chi connectivity index (χ0n) is 11.7. The molecule has 0 atom stereocenters. The third-order valence-corrected chi connectivity index (χ3v) is 4.11. The number of nitro benzene ring substituents is 1. The standard InChI is InChI=1S/C14H14N2O5S/c1-21-13-6-2-10(3-7-13)8-11-4-5-12(16(17)18)9-14(11)22(15,19)20/h2-7,9H,8H2,1H3,(H2,15,19,20). The number of hydrogen-bond acceptors (Lipinski definition) is 5. The molecule has 8 heteroatoms. The Hall–Kier alpha value is -2.45. The third kappa shape index (κ3) is 3.60. The van der Waals surface area contributed by atoms with Crippen molar-refractivity contribution < 1.29 is 18.1 Å². The first-order valence-corrected chi connectivity index (χ1v) is 7.79. The third-order valence-electron chi connectivity index (χ3n) is 3.12. The fourth-order valence-corrected chi connectivity index (χ4v) is 2.82. The smallest absolute Gasteiger partial charge is 0.270 e. The first kappa shape index (κ1) is 15.9. The Labute approximate surface area is 127 Å². The van der Waals surface area contributed by atoms with E-state index in [9.17, 15) is 18.5 Å². The number of benzene rings is 2. The van der Waals surface area contributed by atoms with E-state index in [-0.39, 0.29) is 17.0 Å². The van der Waals surface area contributed by atoms with Gasteiger partial charge in [-0.3, -0.25) is 10.1 Å². The zero-order chi connectivity index (χ0) is 16.3. The molecule has 0 bridgehead atoms. The summed E-state index contributed by atoms with van der Waals surface area (Å²) in [5.41, 5.74) is 0.917. The molecule has 0 saturated heterocycles. The van der Waals surface area contributed by atoms with Gasteiger partial charge in [-0.15, -0.1) is 0 Å². The van der Waals surface area contributed by atoms with Gasteiger partial charge in [0.05, 0.1) is 16.9 Å². The van der Waals surface area contributed by atoms with Crippen molar-refractivity contribution >= 4 is 15.7 Å². The van der Waals surface area contributed by atoms with Crippen molar-refractivity contribution in [1.82, 2.24) is 0 Å². The summed E-state index contributed by atoms with van der Waals surface area (Å²) in [4.78, 5) is 9.88. The molecule has 0 aliphatic rings. The van der Waals surface area contributed by atoms with Gasteiger partial charge in [0.25, 0.3) is 5.69 Å². The van der Waals surface area contributed by atoms with E-state index in [1.54, 1.807) is 31.4 Å². The molecule has 116 valence electrons. The maximum Gasteiger partial charge on any atom is 0.270 e. The number of ether oxygens (including phenoxy) is 1. The van der Waals surface area contributed by atoms with E-state index in [4.69, 9.17) is 9.88 Å². The van der Waals surface area contributed by atoms with E-state index in [1.165, 1.54) is 12.1 Å². The number of primary sulfonamides is 1. The normalized spacial score (nSPS) is 11.2. The lowest BCUT2D eigenvalue weighted by Crippen LogP contribution is -2.15. The Balaban J connectivity index is 2.43. The maximum absolute atomic E-state index is 11.7. The van der Waals surface area contributed by atoms with Gasteiger partial charge >= 0.3 is 0 Å². The van der Waals surface area contributed by atoms with Gasteiger partial charge in [0.1, 0.15) is 5.75 Å². The van der Waals surface area contributed by atoms with E-state index in [1.807, 2.05) is 0 Å². The summed E-state index contributed by atoms with van der Waals surface area (Å²) < 4.78 is 28.4. The molecular weight excluding hydrogens is 308 g/mol. The average Bonchev–Trinajstić information content (AvgIpc) is 2.47. The fourth-order valence-electron chi connectivity index (χ4n) is 2.03. The summed E-state index contributed by atoms with van der Waals surface area (Å²) in [7, 11) is -2.51. The lowest BCUT2D eigenvalue weighted by Gasteiger charge is -2.08. The van der Waals surface area contributed by atoms with Crippen molar-refractivity contribution in [2.24, 2.45) is 5.14 Å². The van der Waals surface area contributed by atoms with Gasteiger partial charge in [0.2, 0.25) is 10.0 Å². The molecule has 22 heavy (non-hydrogen) atoms. The minimum absolute atomic E-state index is 0.238. The largest absolute Gasteiger partial charge is 0.497 e. The highest BCUT2D eigenvalue weighted by Crippen LogP contribution is 2.24. The van der Waals surface area contributed by atoms with Gasteiger partial charge in [-0.2, -0.15) is 0 Å². The van der Waals surface area contributed by atoms with Crippen molar-refractivity contribution in [2.75, 3.05) is 7.11 Å². The molecule has 0 aromatic heterocycles. The number of hydrogen-bond donors (Lipinski definition) is 1. The lowest BCUT2D eigenvalue weighted by molar-refractivity contribution is -0.385. The van der Waals surface area contributed by atoms with Crippen LogP contribution in [0, 0.1) is 10.1 Å². The molecule has 2 rings (SSSR count). The predicted molar refractivity (Wildman–Crippen MR) is 80.3 cm³/mol. The first-order valence-electron chi connectivity index (χ1n) is 6.24. The Bertz CT molecular complexity index is 800. The Morgan fingerprint density at radius 2 is 1.82 bits per heavy atom. The van der Waals surface area contributed by atoms with Crippen LogP contribution >= 0.6 is 0 Å². The summed E-state index contributed by atoms with van der Waals surface area (Å²) in [5.74, 6) is 0.680. The molecule has 0 saturated carbocycles. The second-order valence-corrected chi connectivity index (χ2v) is 6.15. The van der Waals surface area contributed by atoms with E-state index in [0.717, 1.165) is 11.6 Å². The van der Waals surface area contributed by atoms with Crippen LogP contribution in [0.5, 0.6) is 5.75 Å². The van der Waals surface area contributed by atoms with E-state index in [2.05, 4.69) is 0 Å². The molecule has 0 heterocycles. The van der Waals surface area contributed by atoms with Crippen LogP contribution in [-0.2, 0) is 16.4 Å². The van der Waals surface area contributed by atoms with Crippen molar-refractivity contribution in [2.45, 2.75) is 11.3 Å². The number of non-ortho nitro benzene ring substituents is 1. The topological polar surface area (TPSA) is 113 Å². The van der Waals surface area contributed by atoms with Crippen LogP contribution in [0.2, 0.25) is 0 Å². The summed E-state index contributed by atoms with van der Waals surface area (Å²) >= 11 is 0. The number of methoxy groups -OCH3 is 1. The Morgan fingerprint density at radius 1 is 1.18 bits per heavy atom. The number of nitrogens with zero attached hydrogens (tertiary/aromatic N) is 1. The van der Waals surface area contributed by atoms with Crippen LogP contribution in [0.4, 0.5) is 5.69 Å². The average molecular weight is 322 g/mol. The van der Waals surface area contributed by atoms with Gasteiger partial charge in [-0.1, -0.05) is 18.2 Å². The molecule has 0 amide bonds. The number of sulfonamides is 1. The fraction of sp³-hybridized carbons (Fsp3) is 0.143. The summed E-state index contributed by atoms with van der Waals surface area (Å²) in [5, 5.41) is 15.9. The van der Waals surface area contributed by atoms with Crippen molar-refractivity contribution in [3.05, 3.63) is 63.7 Å². The molecule has 0 spiro atoms.